The Labute approximate surface area is 114 Å². The SMILES string of the molecule is O=C(Nc1ncccc1Cl)c1cc2ccccc2[nH]1. The Morgan fingerprint density at radius 3 is 2.84 bits per heavy atom. The average Bonchev–Trinajstić information content (AvgIpc) is 2.85. The molecule has 94 valence electrons. The fourth-order valence-corrected chi connectivity index (χ4v) is 2.02. The van der Waals surface area contributed by atoms with Crippen molar-refractivity contribution in [2.24, 2.45) is 0 Å². The number of carbonyl (C=O) groups excluding carboxylic acids is 1. The minimum Gasteiger partial charge on any atom is -0.351 e. The zero-order chi connectivity index (χ0) is 13.2. The van der Waals surface area contributed by atoms with Crippen LogP contribution in [0, 0.1) is 0 Å². The van der Waals surface area contributed by atoms with E-state index >= 15 is 0 Å². The van der Waals surface area contributed by atoms with Gasteiger partial charge in [0.05, 0.1) is 5.02 Å². The van der Waals surface area contributed by atoms with Gasteiger partial charge in [-0.15, -0.1) is 0 Å². The van der Waals surface area contributed by atoms with Crippen molar-refractivity contribution in [1.29, 1.82) is 0 Å². The Balaban J connectivity index is 1.90. The third-order valence-electron chi connectivity index (χ3n) is 2.77. The first-order valence-corrected chi connectivity index (χ1v) is 6.11. The van der Waals surface area contributed by atoms with Crippen LogP contribution in [0.4, 0.5) is 5.82 Å². The van der Waals surface area contributed by atoms with Gasteiger partial charge in [0.2, 0.25) is 0 Å². The number of halogens is 1. The highest BCUT2D eigenvalue weighted by atomic mass is 35.5. The van der Waals surface area contributed by atoms with Crippen LogP contribution in [0.1, 0.15) is 10.5 Å². The maximum atomic E-state index is 12.1. The molecule has 2 aromatic heterocycles. The number of anilines is 1. The third kappa shape index (κ3) is 2.30. The fourth-order valence-electron chi connectivity index (χ4n) is 1.85. The lowest BCUT2D eigenvalue weighted by molar-refractivity contribution is 0.102. The molecule has 0 radical (unpaired) electrons. The Kier molecular flexibility index (Phi) is 2.93. The largest absolute Gasteiger partial charge is 0.351 e. The smallest absolute Gasteiger partial charge is 0.273 e. The van der Waals surface area contributed by atoms with Gasteiger partial charge in [-0.2, -0.15) is 0 Å². The summed E-state index contributed by atoms with van der Waals surface area (Å²) in [5.41, 5.74) is 1.39. The van der Waals surface area contributed by atoms with Crippen molar-refractivity contribution in [3.63, 3.8) is 0 Å². The van der Waals surface area contributed by atoms with Gasteiger partial charge in [0.25, 0.3) is 5.91 Å². The molecule has 0 saturated heterocycles. The van der Waals surface area contributed by atoms with Crippen LogP contribution in [0.15, 0.2) is 48.7 Å². The second-order valence-corrected chi connectivity index (χ2v) is 4.47. The number of para-hydroxylation sites is 1. The summed E-state index contributed by atoms with van der Waals surface area (Å²) in [6.07, 6.45) is 1.58. The van der Waals surface area contributed by atoms with Gasteiger partial charge in [0, 0.05) is 17.1 Å². The molecule has 0 spiro atoms. The molecule has 0 bridgehead atoms. The van der Waals surface area contributed by atoms with Crippen molar-refractivity contribution in [2.45, 2.75) is 0 Å². The highest BCUT2D eigenvalue weighted by Gasteiger charge is 2.11. The summed E-state index contributed by atoms with van der Waals surface area (Å²) in [5.74, 6) is 0.0876. The van der Waals surface area contributed by atoms with E-state index in [0.29, 0.717) is 16.5 Å². The van der Waals surface area contributed by atoms with Crippen molar-refractivity contribution in [3.8, 4) is 0 Å². The number of amides is 1. The zero-order valence-corrected chi connectivity index (χ0v) is 10.6. The Morgan fingerprint density at radius 2 is 2.05 bits per heavy atom. The first-order valence-electron chi connectivity index (χ1n) is 5.73. The van der Waals surface area contributed by atoms with E-state index in [4.69, 9.17) is 11.6 Å². The van der Waals surface area contributed by atoms with Crippen molar-refractivity contribution in [3.05, 3.63) is 59.4 Å². The zero-order valence-electron chi connectivity index (χ0n) is 9.85. The number of fused-ring (bicyclic) bond motifs is 1. The normalized spacial score (nSPS) is 10.6. The molecule has 0 unspecified atom stereocenters. The third-order valence-corrected chi connectivity index (χ3v) is 3.07. The van der Waals surface area contributed by atoms with E-state index in [1.54, 1.807) is 24.4 Å². The van der Waals surface area contributed by atoms with Crippen LogP contribution in [0.5, 0.6) is 0 Å². The van der Waals surface area contributed by atoms with E-state index in [1.807, 2.05) is 24.3 Å². The summed E-state index contributed by atoms with van der Waals surface area (Å²) in [4.78, 5) is 19.2. The standard InChI is InChI=1S/C14H10ClN3O/c15-10-5-3-7-16-13(10)18-14(19)12-8-9-4-1-2-6-11(9)17-12/h1-8,17H,(H,16,18,19). The molecule has 19 heavy (non-hydrogen) atoms. The van der Waals surface area contributed by atoms with Crippen molar-refractivity contribution >= 4 is 34.2 Å². The van der Waals surface area contributed by atoms with Gasteiger partial charge in [-0.25, -0.2) is 4.98 Å². The molecule has 0 saturated carbocycles. The van der Waals surface area contributed by atoms with Crippen LogP contribution in [-0.4, -0.2) is 15.9 Å². The molecule has 0 aliphatic rings. The van der Waals surface area contributed by atoms with Gasteiger partial charge in [-0.3, -0.25) is 4.79 Å². The molecule has 0 aliphatic carbocycles. The van der Waals surface area contributed by atoms with Gasteiger partial charge < -0.3 is 10.3 Å². The molecule has 2 N–H and O–H groups in total. The maximum absolute atomic E-state index is 12.1. The summed E-state index contributed by atoms with van der Waals surface area (Å²) in [6.45, 7) is 0. The lowest BCUT2D eigenvalue weighted by Crippen LogP contribution is -2.13. The quantitative estimate of drug-likeness (QED) is 0.750. The number of rotatable bonds is 2. The first-order chi connectivity index (χ1) is 9.24. The molecule has 0 aliphatic heterocycles. The number of pyridine rings is 1. The van der Waals surface area contributed by atoms with Crippen molar-refractivity contribution < 1.29 is 4.79 Å². The number of H-pyrrole nitrogens is 1. The predicted molar refractivity (Wildman–Crippen MR) is 75.5 cm³/mol. The Morgan fingerprint density at radius 1 is 1.21 bits per heavy atom. The van der Waals surface area contributed by atoms with E-state index in [-0.39, 0.29) is 5.91 Å². The number of hydrogen-bond donors (Lipinski definition) is 2. The minimum absolute atomic E-state index is 0.267. The predicted octanol–water partition coefficient (Wildman–Crippen LogP) is 3.47. The number of carbonyl (C=O) groups is 1. The second kappa shape index (κ2) is 4.74. The summed E-state index contributed by atoms with van der Waals surface area (Å²) < 4.78 is 0. The summed E-state index contributed by atoms with van der Waals surface area (Å²) in [7, 11) is 0. The van der Waals surface area contributed by atoms with Gasteiger partial charge in [-0.05, 0) is 24.3 Å². The van der Waals surface area contributed by atoms with Gasteiger partial charge >= 0.3 is 0 Å². The number of nitrogens with zero attached hydrogens (tertiary/aromatic N) is 1. The van der Waals surface area contributed by atoms with E-state index in [1.165, 1.54) is 0 Å². The van der Waals surface area contributed by atoms with Gasteiger partial charge in [-0.1, -0.05) is 29.8 Å². The molecule has 5 heteroatoms. The van der Waals surface area contributed by atoms with Crippen LogP contribution >= 0.6 is 11.6 Å². The lowest BCUT2D eigenvalue weighted by Gasteiger charge is -2.03. The van der Waals surface area contributed by atoms with Crippen LogP contribution in [0.2, 0.25) is 5.02 Å². The van der Waals surface area contributed by atoms with E-state index in [9.17, 15) is 4.79 Å². The van der Waals surface area contributed by atoms with Crippen LogP contribution in [-0.2, 0) is 0 Å². The Hall–Kier alpha value is -2.33. The number of hydrogen-bond acceptors (Lipinski definition) is 2. The molecule has 2 heterocycles. The summed E-state index contributed by atoms with van der Waals surface area (Å²) >= 11 is 5.95. The van der Waals surface area contributed by atoms with Crippen molar-refractivity contribution in [1.82, 2.24) is 9.97 Å². The topological polar surface area (TPSA) is 57.8 Å². The van der Waals surface area contributed by atoms with Crippen LogP contribution < -0.4 is 5.32 Å². The number of aromatic nitrogens is 2. The highest BCUT2D eigenvalue weighted by molar-refractivity contribution is 6.33. The van der Waals surface area contributed by atoms with Crippen molar-refractivity contribution in [2.75, 3.05) is 5.32 Å². The average molecular weight is 272 g/mol. The molecule has 3 aromatic rings. The molecule has 4 nitrogen and oxygen atoms in total. The summed E-state index contributed by atoms with van der Waals surface area (Å²) in [6, 6.07) is 12.9. The monoisotopic (exact) mass is 271 g/mol. The maximum Gasteiger partial charge on any atom is 0.273 e. The number of benzene rings is 1. The van der Waals surface area contributed by atoms with E-state index in [2.05, 4.69) is 15.3 Å². The summed E-state index contributed by atoms with van der Waals surface area (Å²) in [5, 5.41) is 4.07. The minimum atomic E-state index is -0.267. The molecule has 1 amide bonds. The van der Waals surface area contributed by atoms with E-state index in [0.717, 1.165) is 10.9 Å². The lowest BCUT2D eigenvalue weighted by atomic mass is 10.2. The Bertz CT molecular complexity index is 718. The van der Waals surface area contributed by atoms with Crippen LogP contribution in [0.25, 0.3) is 10.9 Å². The first kappa shape index (κ1) is 11.7. The second-order valence-electron chi connectivity index (χ2n) is 4.06. The molecule has 3 rings (SSSR count). The van der Waals surface area contributed by atoms with Gasteiger partial charge in [0.1, 0.15) is 5.69 Å². The van der Waals surface area contributed by atoms with Crippen LogP contribution in [0.3, 0.4) is 0 Å². The van der Waals surface area contributed by atoms with Gasteiger partial charge in [0.15, 0.2) is 5.82 Å². The number of nitrogens with one attached hydrogen (secondary N) is 2. The highest BCUT2D eigenvalue weighted by Crippen LogP contribution is 2.19. The fraction of sp³-hybridized carbons (Fsp3) is 0. The molecule has 1 aromatic carbocycles. The van der Waals surface area contributed by atoms with E-state index < -0.39 is 0 Å². The number of aromatic amines is 1. The molecule has 0 atom stereocenters. The molecular formula is C14H10ClN3O. The molecule has 0 fully saturated rings. The molecular weight excluding hydrogens is 262 g/mol.